The molecule has 0 atom stereocenters. The van der Waals surface area contributed by atoms with Gasteiger partial charge in [0.2, 0.25) is 11.6 Å². The van der Waals surface area contributed by atoms with E-state index in [-0.39, 0.29) is 36.2 Å². The molecule has 256 valence electrons. The summed E-state index contributed by atoms with van der Waals surface area (Å²) in [5, 5.41) is 4.19. The number of anilines is 3. The van der Waals surface area contributed by atoms with E-state index in [2.05, 4.69) is 30.8 Å². The highest BCUT2D eigenvalue weighted by molar-refractivity contribution is 8.00. The number of morpholine rings is 1. The first-order valence-electron chi connectivity index (χ1n) is 15.4. The summed E-state index contributed by atoms with van der Waals surface area (Å²) in [5.41, 5.74) is 10.7. The van der Waals surface area contributed by atoms with Gasteiger partial charge < -0.3 is 29.8 Å². The summed E-state index contributed by atoms with van der Waals surface area (Å²) in [6.07, 6.45) is 7.82. The molecule has 3 heterocycles. The topological polar surface area (TPSA) is 123 Å². The zero-order chi connectivity index (χ0) is 34.5. The Labute approximate surface area is 282 Å². The fourth-order valence-corrected chi connectivity index (χ4v) is 5.33. The molecule has 0 spiro atoms. The lowest BCUT2D eigenvalue weighted by molar-refractivity contribution is 0.0992. The molecule has 14 heteroatoms. The third kappa shape index (κ3) is 10.4. The van der Waals surface area contributed by atoms with Crippen molar-refractivity contribution in [3.63, 3.8) is 0 Å². The molecule has 0 unspecified atom stereocenters. The molecule has 48 heavy (non-hydrogen) atoms. The summed E-state index contributed by atoms with van der Waals surface area (Å²) in [4.78, 5) is 23.0. The van der Waals surface area contributed by atoms with Crippen molar-refractivity contribution >= 4 is 47.0 Å². The van der Waals surface area contributed by atoms with E-state index in [1.165, 1.54) is 47.4 Å². The second-order valence-corrected chi connectivity index (χ2v) is 12.0. The van der Waals surface area contributed by atoms with Gasteiger partial charge in [0.1, 0.15) is 5.82 Å². The average Bonchev–Trinajstić information content (AvgIpc) is 3.45. The van der Waals surface area contributed by atoms with Crippen LogP contribution < -0.4 is 20.1 Å². The fraction of sp³-hybridized carbons (Fsp3) is 0.324. The number of halogens is 3. The molecule has 0 amide bonds. The number of H-pyrrole nitrogens is 1. The maximum atomic E-state index is 14.1. The van der Waals surface area contributed by atoms with E-state index < -0.39 is 17.4 Å². The van der Waals surface area contributed by atoms with E-state index in [4.69, 9.17) is 15.2 Å². The number of Topliss-reactive ketones (excluding diaryl/α,β-unsaturated/α-hetero) is 1. The number of aromatic nitrogens is 3. The highest BCUT2D eigenvalue weighted by Crippen LogP contribution is 2.28. The number of para-hydroxylation sites is 1. The van der Waals surface area contributed by atoms with E-state index in [1.807, 2.05) is 19.1 Å². The first-order valence-corrected chi connectivity index (χ1v) is 16.3. The Kier molecular flexibility index (Phi) is 13.6. The number of aromatic amines is 1. The highest BCUT2D eigenvalue weighted by Gasteiger charge is 2.17. The molecular weight excluding hydrogens is 643 g/mol. The van der Waals surface area contributed by atoms with Crippen molar-refractivity contribution in [3.8, 4) is 5.75 Å². The monoisotopic (exact) mass is 683 g/mol. The summed E-state index contributed by atoms with van der Waals surface area (Å²) < 4.78 is 56.5. The van der Waals surface area contributed by atoms with E-state index in [0.717, 1.165) is 47.7 Å². The summed E-state index contributed by atoms with van der Waals surface area (Å²) in [6.45, 7) is 7.83. The minimum absolute atomic E-state index is 0.0148. The van der Waals surface area contributed by atoms with Gasteiger partial charge in [-0.1, -0.05) is 23.6 Å². The molecule has 1 fully saturated rings. The van der Waals surface area contributed by atoms with Crippen molar-refractivity contribution in [1.29, 1.82) is 0 Å². The van der Waals surface area contributed by atoms with Gasteiger partial charge in [-0.3, -0.25) is 9.18 Å². The Morgan fingerprint density at radius 2 is 1.96 bits per heavy atom. The van der Waals surface area contributed by atoms with Gasteiger partial charge in [0.05, 0.1) is 49.4 Å². The number of ether oxygens (including phenoxy) is 2. The Balaban J connectivity index is 1.55. The minimum atomic E-state index is -0.867. The molecule has 4 N–H and O–H groups in total. The number of nitrogen functional groups attached to an aromatic ring is 1. The molecule has 1 aliphatic rings. The van der Waals surface area contributed by atoms with Gasteiger partial charge in [0.25, 0.3) is 0 Å². The van der Waals surface area contributed by atoms with E-state index >= 15 is 0 Å². The van der Waals surface area contributed by atoms with Crippen molar-refractivity contribution in [1.82, 2.24) is 14.8 Å². The Bertz CT molecular complexity index is 1690. The molecule has 1 saturated heterocycles. The smallest absolute Gasteiger partial charge is 0.219 e. The van der Waals surface area contributed by atoms with Crippen LogP contribution in [0.4, 0.5) is 30.4 Å². The van der Waals surface area contributed by atoms with Crippen LogP contribution in [0.3, 0.4) is 0 Å². The summed E-state index contributed by atoms with van der Waals surface area (Å²) >= 11 is 1.44. The number of nitrogens with two attached hydrogens (primary N) is 1. The fourth-order valence-electron chi connectivity index (χ4n) is 4.65. The molecular formula is C34H40F3N7O3S. The standard InChI is InChI=1S/C34H40F3N7O3S/c1-23(2)18-32(47-33-27(36)6-4-7-28(33)37)40-11-12-44-34(38)26(22-41-44)31(45)21-25-19-24(3)20-30(43-13-15-46-16-14-43)29(8-10-39-25)42-48-17-5-9-35/h4,6-8,10-12,18-20,22,39,42H,5,9,13-17,21,38H2,1-3H3/b10-8?,12-11+,24-20?,25-19?,30-29?,40-32?. The molecule has 10 nitrogen and oxygen atoms in total. The third-order valence-corrected chi connectivity index (χ3v) is 7.76. The maximum Gasteiger partial charge on any atom is 0.219 e. The van der Waals surface area contributed by atoms with Crippen LogP contribution >= 0.6 is 11.9 Å². The largest absolute Gasteiger partial charge is 0.433 e. The third-order valence-electron chi connectivity index (χ3n) is 6.91. The average molecular weight is 684 g/mol. The van der Waals surface area contributed by atoms with E-state index in [1.54, 1.807) is 20.0 Å². The predicted octanol–water partition coefficient (Wildman–Crippen LogP) is 7.06. The highest BCUT2D eigenvalue weighted by atomic mass is 32.2. The molecule has 1 aliphatic heterocycles. The number of rotatable bonds is 13. The quantitative estimate of drug-likeness (QED) is 0.0576. The molecule has 3 aromatic rings. The van der Waals surface area contributed by atoms with E-state index in [9.17, 15) is 18.0 Å². The van der Waals surface area contributed by atoms with Gasteiger partial charge >= 0.3 is 0 Å². The number of carbonyl (C=O) groups excluding carboxylic acids is 1. The number of alkyl halides is 1. The van der Waals surface area contributed by atoms with Crippen LogP contribution in [0.5, 0.6) is 5.75 Å². The molecule has 4 rings (SSSR count). The summed E-state index contributed by atoms with van der Waals surface area (Å²) in [6, 6.07) is 9.26. The lowest BCUT2D eigenvalue weighted by Crippen LogP contribution is -2.36. The van der Waals surface area contributed by atoms with Crippen LogP contribution in [0.15, 0.2) is 71.6 Å². The van der Waals surface area contributed by atoms with Crippen LogP contribution in [0.1, 0.15) is 41.9 Å². The minimum Gasteiger partial charge on any atom is -0.433 e. The normalized spacial score (nSPS) is 13.4. The number of nitrogens with one attached hydrogen (secondary N) is 2. The van der Waals surface area contributed by atoms with Crippen LogP contribution in [-0.4, -0.2) is 65.2 Å². The number of hydrogen-bond acceptors (Lipinski definition) is 9. The van der Waals surface area contributed by atoms with Crippen molar-refractivity contribution in [3.05, 3.63) is 95.1 Å². The van der Waals surface area contributed by atoms with Crippen LogP contribution in [0.2, 0.25) is 0 Å². The van der Waals surface area contributed by atoms with Gasteiger partial charge in [0, 0.05) is 43.1 Å². The van der Waals surface area contributed by atoms with Crippen molar-refractivity contribution in [2.75, 3.05) is 54.1 Å². The number of aryl methyl sites for hydroxylation is 1. The second-order valence-electron chi connectivity index (χ2n) is 11.1. The number of allylic oxidation sites excluding steroid dienone is 1. The SMILES string of the molecule is CC(C)=CC(=N/C=C/n1ncc(C(=O)Cc2cc(C)cc(N3CCOCC3)c(NSCCCF)cc[nH]2)c1N)Oc1c(F)cccc1F. The number of carbonyl (C=O) groups is 1. The van der Waals surface area contributed by atoms with Gasteiger partial charge in [-0.2, -0.15) is 5.10 Å². The van der Waals surface area contributed by atoms with Crippen LogP contribution in [0.25, 0.3) is 6.20 Å². The van der Waals surface area contributed by atoms with Gasteiger partial charge in [-0.05, 0) is 69.2 Å². The predicted molar refractivity (Wildman–Crippen MR) is 187 cm³/mol. The Hall–Kier alpha value is -4.69. The molecule has 1 aromatic carbocycles. The maximum absolute atomic E-state index is 14.1. The summed E-state index contributed by atoms with van der Waals surface area (Å²) in [5.74, 6) is -1.92. The zero-order valence-corrected chi connectivity index (χ0v) is 28.0. The first-order chi connectivity index (χ1) is 23.2. The summed E-state index contributed by atoms with van der Waals surface area (Å²) in [7, 11) is 0. The number of nitrogens with zero attached hydrogens (tertiary/aromatic N) is 4. The molecule has 0 radical (unpaired) electrons. The molecule has 2 aromatic heterocycles. The van der Waals surface area contributed by atoms with Crippen LogP contribution in [-0.2, 0) is 11.2 Å². The lowest BCUT2D eigenvalue weighted by atomic mass is 10.1. The van der Waals surface area contributed by atoms with E-state index in [0.29, 0.717) is 31.1 Å². The van der Waals surface area contributed by atoms with Crippen molar-refractivity contribution in [2.24, 2.45) is 4.99 Å². The lowest BCUT2D eigenvalue weighted by Gasteiger charge is -2.30. The molecule has 0 saturated carbocycles. The van der Waals surface area contributed by atoms with Gasteiger partial charge in [-0.25, -0.2) is 18.5 Å². The van der Waals surface area contributed by atoms with Gasteiger partial charge in [0.15, 0.2) is 17.4 Å². The van der Waals surface area contributed by atoms with Gasteiger partial charge in [-0.15, -0.1) is 0 Å². The van der Waals surface area contributed by atoms with Crippen molar-refractivity contribution in [2.45, 2.75) is 33.6 Å². The number of benzene rings is 1. The molecule has 0 bridgehead atoms. The number of ketones is 1. The van der Waals surface area contributed by atoms with Crippen LogP contribution in [0, 0.1) is 18.6 Å². The van der Waals surface area contributed by atoms with Crippen molar-refractivity contribution < 1.29 is 27.4 Å². The second kappa shape index (κ2) is 18.0. The Morgan fingerprint density at radius 3 is 2.67 bits per heavy atom. The Morgan fingerprint density at radius 1 is 1.21 bits per heavy atom. The first kappa shape index (κ1) is 36.2. The number of hydrogen-bond donors (Lipinski definition) is 3. The zero-order valence-electron chi connectivity index (χ0n) is 27.1. The molecule has 0 aliphatic carbocycles. The number of aliphatic imine (C=N–C) groups is 1.